The number of hydrogen-bond donors (Lipinski definition) is 1. The summed E-state index contributed by atoms with van der Waals surface area (Å²) in [6.45, 7) is 1.84. The van der Waals surface area contributed by atoms with Gasteiger partial charge in [-0.3, -0.25) is 0 Å². The van der Waals surface area contributed by atoms with Gasteiger partial charge >= 0.3 is 0 Å². The topological polar surface area (TPSA) is 46.0 Å². The summed E-state index contributed by atoms with van der Waals surface area (Å²) in [4.78, 5) is 7.78. The van der Waals surface area contributed by atoms with Crippen molar-refractivity contribution in [1.29, 1.82) is 0 Å². The lowest BCUT2D eigenvalue weighted by Crippen LogP contribution is -2.24. The van der Waals surface area contributed by atoms with Crippen LogP contribution in [0.3, 0.4) is 0 Å². The quantitative estimate of drug-likeness (QED) is 0.711. The van der Waals surface area contributed by atoms with Gasteiger partial charge in [-0.05, 0) is 25.7 Å². The van der Waals surface area contributed by atoms with Crippen molar-refractivity contribution in [2.45, 2.75) is 25.4 Å². The Hall–Kier alpha value is -0.960. The third-order valence-corrected chi connectivity index (χ3v) is 2.52. The summed E-state index contributed by atoms with van der Waals surface area (Å²) < 4.78 is 0. The van der Waals surface area contributed by atoms with Crippen molar-refractivity contribution in [2.75, 3.05) is 0 Å². The second kappa shape index (κ2) is 2.52. The molecule has 1 aliphatic carbocycles. The van der Waals surface area contributed by atoms with E-state index in [2.05, 4.69) is 9.97 Å². The third-order valence-electron chi connectivity index (χ3n) is 2.52. The predicted octanol–water partition coefficient (Wildman–Crippen LogP) is 1.09. The Morgan fingerprint density at radius 3 is 2.50 bits per heavy atom. The van der Waals surface area contributed by atoms with E-state index >= 15 is 0 Å². The Labute approximate surface area is 71.5 Å². The van der Waals surface area contributed by atoms with Gasteiger partial charge in [0.15, 0.2) is 0 Å². The number of nitrogens with zero attached hydrogens (tertiary/aromatic N) is 2. The molecule has 0 aliphatic heterocycles. The standard InChI is InChI=1S/C9H12N2O/c1-9(12,7-2-3-7)8-4-10-6-11-5-8/h4-7,12H,2-3H2,1H3. The second-order valence-corrected chi connectivity index (χ2v) is 3.55. The van der Waals surface area contributed by atoms with Crippen molar-refractivity contribution in [2.24, 2.45) is 5.92 Å². The minimum Gasteiger partial charge on any atom is -0.385 e. The molecule has 1 saturated carbocycles. The molecule has 1 heterocycles. The van der Waals surface area contributed by atoms with E-state index in [0.29, 0.717) is 5.92 Å². The fraction of sp³-hybridized carbons (Fsp3) is 0.556. The van der Waals surface area contributed by atoms with Crippen LogP contribution < -0.4 is 0 Å². The number of aromatic nitrogens is 2. The molecule has 3 heteroatoms. The van der Waals surface area contributed by atoms with Crippen LogP contribution in [-0.2, 0) is 5.60 Å². The lowest BCUT2D eigenvalue weighted by atomic mass is 9.93. The van der Waals surface area contributed by atoms with Gasteiger partial charge in [-0.25, -0.2) is 9.97 Å². The molecular formula is C9H12N2O. The molecule has 1 aromatic heterocycles. The van der Waals surface area contributed by atoms with E-state index in [0.717, 1.165) is 18.4 Å². The maximum atomic E-state index is 10.0. The van der Waals surface area contributed by atoms with Crippen LogP contribution in [0.25, 0.3) is 0 Å². The van der Waals surface area contributed by atoms with Crippen molar-refractivity contribution in [3.05, 3.63) is 24.3 Å². The normalized spacial score (nSPS) is 21.8. The average molecular weight is 164 g/mol. The van der Waals surface area contributed by atoms with Crippen molar-refractivity contribution in [3.8, 4) is 0 Å². The van der Waals surface area contributed by atoms with Gasteiger partial charge in [0.05, 0.1) is 5.60 Å². The summed E-state index contributed by atoms with van der Waals surface area (Å²) >= 11 is 0. The van der Waals surface area contributed by atoms with E-state index in [-0.39, 0.29) is 0 Å². The van der Waals surface area contributed by atoms with Crippen LogP contribution in [0.2, 0.25) is 0 Å². The Bertz CT molecular complexity index is 267. The van der Waals surface area contributed by atoms with Crippen LogP contribution in [0, 0.1) is 5.92 Å². The number of aliphatic hydroxyl groups is 1. The molecule has 1 aromatic rings. The highest BCUT2D eigenvalue weighted by Crippen LogP contribution is 2.44. The monoisotopic (exact) mass is 164 g/mol. The molecule has 0 saturated heterocycles. The molecule has 64 valence electrons. The van der Waals surface area contributed by atoms with Gasteiger partial charge in [-0.1, -0.05) is 0 Å². The highest BCUT2D eigenvalue weighted by Gasteiger charge is 2.41. The largest absolute Gasteiger partial charge is 0.385 e. The van der Waals surface area contributed by atoms with Gasteiger partial charge in [0.25, 0.3) is 0 Å². The fourth-order valence-corrected chi connectivity index (χ4v) is 1.44. The molecule has 1 unspecified atom stereocenters. The summed E-state index contributed by atoms with van der Waals surface area (Å²) in [5.41, 5.74) is 0.105. The summed E-state index contributed by atoms with van der Waals surface area (Å²) in [5.74, 6) is 0.406. The number of rotatable bonds is 2. The molecule has 1 fully saturated rings. The molecule has 0 aromatic carbocycles. The summed E-state index contributed by atoms with van der Waals surface area (Å²) in [7, 11) is 0. The molecule has 0 amide bonds. The van der Waals surface area contributed by atoms with E-state index < -0.39 is 5.60 Å². The van der Waals surface area contributed by atoms with Crippen molar-refractivity contribution >= 4 is 0 Å². The first-order chi connectivity index (χ1) is 5.71. The SMILES string of the molecule is CC(O)(c1cncnc1)C1CC1. The van der Waals surface area contributed by atoms with Gasteiger partial charge in [0.2, 0.25) is 0 Å². The zero-order valence-electron chi connectivity index (χ0n) is 7.07. The Kier molecular flexibility index (Phi) is 1.61. The zero-order valence-corrected chi connectivity index (χ0v) is 7.07. The third kappa shape index (κ3) is 1.20. The van der Waals surface area contributed by atoms with Crippen LogP contribution in [0.15, 0.2) is 18.7 Å². The molecule has 1 atom stereocenters. The molecular weight excluding hydrogens is 152 g/mol. The fourth-order valence-electron chi connectivity index (χ4n) is 1.44. The minimum atomic E-state index is -0.721. The second-order valence-electron chi connectivity index (χ2n) is 3.55. The van der Waals surface area contributed by atoms with E-state index in [9.17, 15) is 5.11 Å². The van der Waals surface area contributed by atoms with Crippen molar-refractivity contribution < 1.29 is 5.11 Å². The molecule has 0 spiro atoms. The average Bonchev–Trinajstić information content (AvgIpc) is 2.88. The first-order valence-corrected chi connectivity index (χ1v) is 4.19. The Morgan fingerprint density at radius 2 is 2.00 bits per heavy atom. The Balaban J connectivity index is 2.28. The van der Waals surface area contributed by atoms with E-state index in [1.165, 1.54) is 6.33 Å². The van der Waals surface area contributed by atoms with Gasteiger partial charge < -0.3 is 5.11 Å². The van der Waals surface area contributed by atoms with E-state index in [4.69, 9.17) is 0 Å². The highest BCUT2D eigenvalue weighted by atomic mass is 16.3. The molecule has 1 aliphatic rings. The summed E-state index contributed by atoms with van der Waals surface area (Å²) in [6.07, 6.45) is 7.08. The molecule has 0 bridgehead atoms. The summed E-state index contributed by atoms with van der Waals surface area (Å²) in [5, 5.41) is 10.0. The van der Waals surface area contributed by atoms with Crippen LogP contribution in [0.4, 0.5) is 0 Å². The maximum Gasteiger partial charge on any atom is 0.115 e. The van der Waals surface area contributed by atoms with Crippen LogP contribution in [-0.4, -0.2) is 15.1 Å². The molecule has 12 heavy (non-hydrogen) atoms. The summed E-state index contributed by atoms with van der Waals surface area (Å²) in [6, 6.07) is 0. The van der Waals surface area contributed by atoms with Gasteiger partial charge in [0.1, 0.15) is 6.33 Å². The van der Waals surface area contributed by atoms with E-state index in [1.807, 2.05) is 6.92 Å². The molecule has 0 radical (unpaired) electrons. The smallest absolute Gasteiger partial charge is 0.115 e. The predicted molar refractivity (Wildman–Crippen MR) is 44.3 cm³/mol. The molecule has 3 nitrogen and oxygen atoms in total. The first kappa shape index (κ1) is 7.68. The van der Waals surface area contributed by atoms with Crippen molar-refractivity contribution in [3.63, 3.8) is 0 Å². The van der Waals surface area contributed by atoms with Gasteiger partial charge in [-0.15, -0.1) is 0 Å². The zero-order chi connectivity index (χ0) is 8.60. The molecule has 1 N–H and O–H groups in total. The Morgan fingerprint density at radius 1 is 1.42 bits per heavy atom. The van der Waals surface area contributed by atoms with Gasteiger partial charge in [0, 0.05) is 18.0 Å². The molecule has 2 rings (SSSR count). The van der Waals surface area contributed by atoms with E-state index in [1.54, 1.807) is 12.4 Å². The van der Waals surface area contributed by atoms with Crippen LogP contribution in [0.1, 0.15) is 25.3 Å². The highest BCUT2D eigenvalue weighted by molar-refractivity contribution is 5.16. The minimum absolute atomic E-state index is 0.406. The lowest BCUT2D eigenvalue weighted by Gasteiger charge is -2.22. The first-order valence-electron chi connectivity index (χ1n) is 4.19. The van der Waals surface area contributed by atoms with Crippen LogP contribution >= 0.6 is 0 Å². The number of hydrogen-bond acceptors (Lipinski definition) is 3. The van der Waals surface area contributed by atoms with Crippen molar-refractivity contribution in [1.82, 2.24) is 9.97 Å². The van der Waals surface area contributed by atoms with Crippen LogP contribution in [0.5, 0.6) is 0 Å². The lowest BCUT2D eigenvalue weighted by molar-refractivity contribution is 0.0324. The maximum absolute atomic E-state index is 10.0. The van der Waals surface area contributed by atoms with Gasteiger partial charge in [-0.2, -0.15) is 0 Å².